The van der Waals surface area contributed by atoms with Crippen LogP contribution in [0.1, 0.15) is 0 Å². The Balaban J connectivity index is 2.05. The van der Waals surface area contributed by atoms with Crippen molar-refractivity contribution < 1.29 is 0 Å². The van der Waals surface area contributed by atoms with Gasteiger partial charge in [0.15, 0.2) is 0 Å². The highest BCUT2D eigenvalue weighted by atomic mass is 15.2. The number of H-pyrrole nitrogens is 1. The molecule has 0 unspecified atom stereocenters. The molecule has 2 aromatic rings. The molecule has 78 valence electrons. The van der Waals surface area contributed by atoms with Crippen LogP contribution in [0.15, 0.2) is 30.5 Å². The van der Waals surface area contributed by atoms with Crippen molar-refractivity contribution in [1.29, 1.82) is 0 Å². The highest BCUT2D eigenvalue weighted by Gasteiger charge is 2.12. The van der Waals surface area contributed by atoms with Gasteiger partial charge in [-0.05, 0) is 12.1 Å². The fraction of sp³-hybridized carbons (Fsp3) is 0.333. The third-order valence-corrected chi connectivity index (χ3v) is 3.02. The maximum Gasteiger partial charge on any atom is 0.0691 e. The maximum absolute atomic E-state index is 3.37. The van der Waals surface area contributed by atoms with E-state index in [0.29, 0.717) is 0 Å². The van der Waals surface area contributed by atoms with Crippen LogP contribution in [-0.2, 0) is 0 Å². The van der Waals surface area contributed by atoms with Crippen LogP contribution < -0.4 is 10.2 Å². The zero-order valence-corrected chi connectivity index (χ0v) is 8.66. The van der Waals surface area contributed by atoms with Gasteiger partial charge in [0, 0.05) is 37.8 Å². The minimum Gasteiger partial charge on any atom is -0.367 e. The van der Waals surface area contributed by atoms with Crippen LogP contribution in [0.2, 0.25) is 0 Å². The average molecular weight is 201 g/mol. The van der Waals surface area contributed by atoms with E-state index in [1.54, 1.807) is 0 Å². The zero-order valence-electron chi connectivity index (χ0n) is 8.66. The lowest BCUT2D eigenvalue weighted by Crippen LogP contribution is -2.43. The van der Waals surface area contributed by atoms with Crippen molar-refractivity contribution in [1.82, 2.24) is 10.3 Å². The number of aromatic amines is 1. The number of nitrogens with one attached hydrogen (secondary N) is 2. The number of nitrogens with zero attached hydrogens (tertiary/aromatic N) is 1. The molecule has 0 aliphatic carbocycles. The zero-order chi connectivity index (χ0) is 10.1. The molecule has 2 heterocycles. The Morgan fingerprint density at radius 2 is 1.93 bits per heavy atom. The van der Waals surface area contributed by atoms with Crippen LogP contribution >= 0.6 is 0 Å². The Labute approximate surface area is 89.1 Å². The first-order valence-electron chi connectivity index (χ1n) is 5.47. The van der Waals surface area contributed by atoms with Crippen LogP contribution in [0.3, 0.4) is 0 Å². The number of fused-ring (bicyclic) bond motifs is 1. The molecule has 15 heavy (non-hydrogen) atoms. The van der Waals surface area contributed by atoms with Gasteiger partial charge in [-0.15, -0.1) is 0 Å². The van der Waals surface area contributed by atoms with Gasteiger partial charge in [-0.1, -0.05) is 12.1 Å². The maximum atomic E-state index is 3.37. The molecule has 0 spiro atoms. The normalized spacial score (nSPS) is 17.2. The van der Waals surface area contributed by atoms with Crippen molar-refractivity contribution in [3.8, 4) is 0 Å². The van der Waals surface area contributed by atoms with Gasteiger partial charge in [0.1, 0.15) is 0 Å². The number of hydrogen-bond donors (Lipinski definition) is 2. The van der Waals surface area contributed by atoms with E-state index >= 15 is 0 Å². The van der Waals surface area contributed by atoms with Crippen molar-refractivity contribution in [3.63, 3.8) is 0 Å². The molecule has 0 radical (unpaired) electrons. The molecule has 1 fully saturated rings. The molecule has 3 nitrogen and oxygen atoms in total. The van der Waals surface area contributed by atoms with Crippen LogP contribution in [0.5, 0.6) is 0 Å². The fourth-order valence-electron chi connectivity index (χ4n) is 2.24. The van der Waals surface area contributed by atoms with Crippen molar-refractivity contribution in [2.24, 2.45) is 0 Å². The number of piperazine rings is 1. The quantitative estimate of drug-likeness (QED) is 0.734. The topological polar surface area (TPSA) is 31.1 Å². The Hall–Kier alpha value is -1.48. The summed E-state index contributed by atoms with van der Waals surface area (Å²) in [6.07, 6.45) is 2.01. The summed E-state index contributed by atoms with van der Waals surface area (Å²) in [5, 5.41) is 4.67. The second kappa shape index (κ2) is 3.59. The predicted molar refractivity (Wildman–Crippen MR) is 63.4 cm³/mol. The molecule has 3 rings (SSSR count). The number of hydrogen-bond acceptors (Lipinski definition) is 2. The summed E-state index contributed by atoms with van der Waals surface area (Å²) in [6.45, 7) is 4.35. The smallest absolute Gasteiger partial charge is 0.0691 e. The van der Waals surface area contributed by atoms with Gasteiger partial charge in [-0.3, -0.25) is 0 Å². The van der Waals surface area contributed by atoms with E-state index in [9.17, 15) is 0 Å². The lowest BCUT2D eigenvalue weighted by Gasteiger charge is -2.29. The lowest BCUT2D eigenvalue weighted by molar-refractivity contribution is 0.590. The third kappa shape index (κ3) is 1.49. The van der Waals surface area contributed by atoms with E-state index < -0.39 is 0 Å². The Kier molecular flexibility index (Phi) is 2.10. The molecular formula is C12H15N3. The number of para-hydroxylation sites is 1. The highest BCUT2D eigenvalue weighted by Crippen LogP contribution is 2.25. The summed E-state index contributed by atoms with van der Waals surface area (Å²) >= 11 is 0. The molecule has 2 N–H and O–H groups in total. The molecule has 1 aromatic heterocycles. The Bertz CT molecular complexity index is 455. The van der Waals surface area contributed by atoms with Crippen LogP contribution in [0.25, 0.3) is 10.9 Å². The SMILES string of the molecule is c1cc(N2CCNCC2)c2[nH]ccc2c1. The number of rotatable bonds is 1. The first-order chi connectivity index (χ1) is 7.45. The molecule has 1 aliphatic rings. The standard InChI is InChI=1S/C12H15N3/c1-2-10-4-5-14-12(10)11(3-1)15-8-6-13-7-9-15/h1-5,13-14H,6-9H2. The minimum absolute atomic E-state index is 1.08. The summed E-state index contributed by atoms with van der Waals surface area (Å²) in [5.74, 6) is 0. The summed E-state index contributed by atoms with van der Waals surface area (Å²) < 4.78 is 0. The fourth-order valence-corrected chi connectivity index (χ4v) is 2.24. The van der Waals surface area contributed by atoms with E-state index in [1.807, 2.05) is 6.20 Å². The molecule has 0 bridgehead atoms. The second-order valence-corrected chi connectivity index (χ2v) is 3.96. The van der Waals surface area contributed by atoms with Gasteiger partial charge in [-0.2, -0.15) is 0 Å². The molecular weight excluding hydrogens is 186 g/mol. The second-order valence-electron chi connectivity index (χ2n) is 3.96. The van der Waals surface area contributed by atoms with Crippen molar-refractivity contribution in [2.45, 2.75) is 0 Å². The number of benzene rings is 1. The van der Waals surface area contributed by atoms with Gasteiger partial charge >= 0.3 is 0 Å². The Morgan fingerprint density at radius 1 is 1.07 bits per heavy atom. The van der Waals surface area contributed by atoms with E-state index in [0.717, 1.165) is 26.2 Å². The van der Waals surface area contributed by atoms with Gasteiger partial charge in [0.25, 0.3) is 0 Å². The minimum atomic E-state index is 1.08. The van der Waals surface area contributed by atoms with E-state index in [2.05, 4.69) is 39.5 Å². The van der Waals surface area contributed by atoms with Crippen LogP contribution in [-0.4, -0.2) is 31.2 Å². The van der Waals surface area contributed by atoms with Crippen LogP contribution in [0, 0.1) is 0 Å². The highest BCUT2D eigenvalue weighted by molar-refractivity contribution is 5.91. The van der Waals surface area contributed by atoms with Gasteiger partial charge < -0.3 is 15.2 Å². The summed E-state index contributed by atoms with van der Waals surface area (Å²) in [5.41, 5.74) is 2.60. The molecule has 3 heteroatoms. The van der Waals surface area contributed by atoms with Gasteiger partial charge in [0.05, 0.1) is 11.2 Å². The van der Waals surface area contributed by atoms with E-state index in [1.165, 1.54) is 16.6 Å². The van der Waals surface area contributed by atoms with E-state index in [4.69, 9.17) is 0 Å². The average Bonchev–Trinajstić information content (AvgIpc) is 2.78. The van der Waals surface area contributed by atoms with Gasteiger partial charge in [-0.25, -0.2) is 0 Å². The number of aromatic nitrogens is 1. The monoisotopic (exact) mass is 201 g/mol. The first kappa shape index (κ1) is 8.80. The summed E-state index contributed by atoms with van der Waals surface area (Å²) in [6, 6.07) is 8.61. The largest absolute Gasteiger partial charge is 0.367 e. The molecule has 1 aromatic carbocycles. The van der Waals surface area contributed by atoms with Crippen molar-refractivity contribution in [2.75, 3.05) is 31.1 Å². The molecule has 0 saturated carbocycles. The van der Waals surface area contributed by atoms with Crippen LogP contribution in [0.4, 0.5) is 5.69 Å². The van der Waals surface area contributed by atoms with Gasteiger partial charge in [0.2, 0.25) is 0 Å². The lowest BCUT2D eigenvalue weighted by atomic mass is 10.2. The summed E-state index contributed by atoms with van der Waals surface area (Å²) in [4.78, 5) is 5.76. The summed E-state index contributed by atoms with van der Waals surface area (Å²) in [7, 11) is 0. The molecule has 0 atom stereocenters. The van der Waals surface area contributed by atoms with Crippen molar-refractivity contribution >= 4 is 16.6 Å². The molecule has 0 amide bonds. The van der Waals surface area contributed by atoms with E-state index in [-0.39, 0.29) is 0 Å². The molecule has 1 saturated heterocycles. The molecule has 1 aliphatic heterocycles. The predicted octanol–water partition coefficient (Wildman–Crippen LogP) is 1.58. The third-order valence-electron chi connectivity index (χ3n) is 3.02. The number of anilines is 1. The first-order valence-corrected chi connectivity index (χ1v) is 5.47. The van der Waals surface area contributed by atoms with Crippen molar-refractivity contribution in [3.05, 3.63) is 30.5 Å². The Morgan fingerprint density at radius 3 is 2.80 bits per heavy atom.